The van der Waals surface area contributed by atoms with Crippen molar-refractivity contribution in [1.29, 1.82) is 0 Å². The van der Waals surface area contributed by atoms with Crippen LogP contribution in [-0.4, -0.2) is 47.5 Å². The minimum atomic E-state index is -0.668. The van der Waals surface area contributed by atoms with Gasteiger partial charge in [-0.05, 0) is 24.5 Å². The Bertz CT molecular complexity index is 272. The van der Waals surface area contributed by atoms with E-state index in [4.69, 9.17) is 4.74 Å². The van der Waals surface area contributed by atoms with Crippen LogP contribution in [0, 0.1) is 5.41 Å². The Hall–Kier alpha value is 0.230. The van der Waals surface area contributed by atoms with Gasteiger partial charge in [-0.3, -0.25) is 0 Å². The summed E-state index contributed by atoms with van der Waals surface area (Å²) in [4.78, 5) is 0. The lowest BCUT2D eigenvalue weighted by Crippen LogP contribution is -2.54. The second-order valence-electron chi connectivity index (χ2n) is 6.11. The number of thioether (sulfide) groups is 1. The van der Waals surface area contributed by atoms with Crippen molar-refractivity contribution in [2.75, 3.05) is 24.7 Å². The molecule has 3 atom stereocenters. The van der Waals surface area contributed by atoms with Crippen molar-refractivity contribution in [2.45, 2.75) is 51.4 Å². The first-order valence-electron chi connectivity index (χ1n) is 6.59. The first-order valence-corrected chi connectivity index (χ1v) is 7.75. The van der Waals surface area contributed by atoms with Gasteiger partial charge in [0.15, 0.2) is 0 Å². The second-order valence-corrected chi connectivity index (χ2v) is 7.26. The Kier molecular flexibility index (Phi) is 4.08. The fourth-order valence-corrected chi connectivity index (χ4v) is 4.22. The summed E-state index contributed by atoms with van der Waals surface area (Å²) in [6.07, 6.45) is 1.95. The standard InChI is InChI=1S/C13H25NO2S/c1-10-13(15,4-6-16-10)9-14-11-8-17-7-5-12(11,2)3/h10-11,14-15H,4-9H2,1-3H3. The summed E-state index contributed by atoms with van der Waals surface area (Å²) in [6, 6.07) is 0.498. The van der Waals surface area contributed by atoms with E-state index in [0.29, 0.717) is 24.6 Å². The highest BCUT2D eigenvalue weighted by Gasteiger charge is 2.41. The van der Waals surface area contributed by atoms with Crippen LogP contribution in [0.25, 0.3) is 0 Å². The van der Waals surface area contributed by atoms with Gasteiger partial charge in [-0.15, -0.1) is 0 Å². The normalized spacial score (nSPS) is 41.6. The number of hydrogen-bond acceptors (Lipinski definition) is 4. The van der Waals surface area contributed by atoms with Gasteiger partial charge in [0.2, 0.25) is 0 Å². The van der Waals surface area contributed by atoms with Gasteiger partial charge in [-0.2, -0.15) is 11.8 Å². The van der Waals surface area contributed by atoms with E-state index in [1.54, 1.807) is 0 Å². The molecule has 0 aromatic rings. The minimum Gasteiger partial charge on any atom is -0.386 e. The lowest BCUT2D eigenvalue weighted by molar-refractivity contribution is -0.0296. The Morgan fingerprint density at radius 3 is 2.76 bits per heavy atom. The molecule has 2 heterocycles. The quantitative estimate of drug-likeness (QED) is 0.808. The molecular formula is C13H25NO2S. The Labute approximate surface area is 109 Å². The predicted molar refractivity (Wildman–Crippen MR) is 72.5 cm³/mol. The van der Waals surface area contributed by atoms with E-state index in [1.807, 2.05) is 18.7 Å². The van der Waals surface area contributed by atoms with Crippen molar-refractivity contribution < 1.29 is 9.84 Å². The van der Waals surface area contributed by atoms with Crippen LogP contribution in [0.3, 0.4) is 0 Å². The first kappa shape index (κ1) is 13.7. The fourth-order valence-electron chi connectivity index (χ4n) is 2.57. The molecule has 2 aliphatic rings. The topological polar surface area (TPSA) is 41.5 Å². The molecule has 0 saturated carbocycles. The first-order chi connectivity index (χ1) is 7.94. The maximum atomic E-state index is 10.5. The molecule has 100 valence electrons. The molecule has 2 rings (SSSR count). The van der Waals surface area contributed by atoms with Crippen LogP contribution < -0.4 is 5.32 Å². The average molecular weight is 259 g/mol. The van der Waals surface area contributed by atoms with Crippen LogP contribution in [0.5, 0.6) is 0 Å². The molecule has 0 aromatic heterocycles. The maximum Gasteiger partial charge on any atom is 0.105 e. The van der Waals surface area contributed by atoms with Crippen molar-refractivity contribution in [2.24, 2.45) is 5.41 Å². The number of ether oxygens (including phenoxy) is 1. The highest BCUT2D eigenvalue weighted by Crippen LogP contribution is 2.35. The summed E-state index contributed by atoms with van der Waals surface area (Å²) in [5.41, 5.74) is -0.331. The molecule has 0 bridgehead atoms. The molecule has 0 spiro atoms. The number of aliphatic hydroxyl groups is 1. The van der Waals surface area contributed by atoms with E-state index in [0.717, 1.165) is 12.2 Å². The van der Waals surface area contributed by atoms with Crippen molar-refractivity contribution in [3.63, 3.8) is 0 Å². The van der Waals surface area contributed by atoms with Gasteiger partial charge in [0.05, 0.1) is 6.10 Å². The molecule has 0 amide bonds. The maximum absolute atomic E-state index is 10.5. The second kappa shape index (κ2) is 5.08. The molecule has 2 aliphatic heterocycles. The van der Waals surface area contributed by atoms with Gasteiger partial charge >= 0.3 is 0 Å². The molecule has 17 heavy (non-hydrogen) atoms. The summed E-state index contributed by atoms with van der Waals surface area (Å²) >= 11 is 2.01. The van der Waals surface area contributed by atoms with Crippen LogP contribution in [0.15, 0.2) is 0 Å². The third-order valence-corrected chi connectivity index (χ3v) is 5.49. The molecule has 0 aromatic carbocycles. The third-order valence-electron chi connectivity index (χ3n) is 4.43. The summed E-state index contributed by atoms with van der Waals surface area (Å²) in [5, 5.41) is 14.0. The van der Waals surface area contributed by atoms with E-state index in [2.05, 4.69) is 19.2 Å². The van der Waals surface area contributed by atoms with Crippen LogP contribution in [0.4, 0.5) is 0 Å². The number of hydrogen-bond donors (Lipinski definition) is 2. The summed E-state index contributed by atoms with van der Waals surface area (Å²) in [6.45, 7) is 7.95. The van der Waals surface area contributed by atoms with Crippen LogP contribution in [-0.2, 0) is 4.74 Å². The zero-order chi connectivity index (χ0) is 12.5. The molecular weight excluding hydrogens is 234 g/mol. The van der Waals surface area contributed by atoms with Gasteiger partial charge < -0.3 is 15.2 Å². The van der Waals surface area contributed by atoms with Gasteiger partial charge in [0.25, 0.3) is 0 Å². The monoisotopic (exact) mass is 259 g/mol. The summed E-state index contributed by atoms with van der Waals surface area (Å²) < 4.78 is 5.47. The number of nitrogens with one attached hydrogen (secondary N) is 1. The zero-order valence-electron chi connectivity index (χ0n) is 11.2. The summed E-state index contributed by atoms with van der Waals surface area (Å²) in [7, 11) is 0. The van der Waals surface area contributed by atoms with E-state index >= 15 is 0 Å². The fraction of sp³-hybridized carbons (Fsp3) is 1.00. The van der Waals surface area contributed by atoms with Crippen LogP contribution in [0.1, 0.15) is 33.6 Å². The molecule has 4 heteroatoms. The molecule has 0 radical (unpaired) electrons. The number of rotatable bonds is 3. The molecule has 0 aliphatic carbocycles. The van der Waals surface area contributed by atoms with Crippen molar-refractivity contribution in [3.05, 3.63) is 0 Å². The van der Waals surface area contributed by atoms with Gasteiger partial charge in [-0.25, -0.2) is 0 Å². The Morgan fingerprint density at radius 1 is 1.41 bits per heavy atom. The third kappa shape index (κ3) is 2.98. The summed E-state index contributed by atoms with van der Waals surface area (Å²) in [5.74, 6) is 2.41. The zero-order valence-corrected chi connectivity index (χ0v) is 12.0. The van der Waals surface area contributed by atoms with Gasteiger partial charge in [0, 0.05) is 31.4 Å². The lowest BCUT2D eigenvalue weighted by atomic mass is 9.81. The van der Waals surface area contributed by atoms with Crippen molar-refractivity contribution >= 4 is 11.8 Å². The average Bonchev–Trinajstić information content (AvgIpc) is 2.58. The molecule has 3 nitrogen and oxygen atoms in total. The minimum absolute atomic E-state index is 0.0469. The lowest BCUT2D eigenvalue weighted by Gasteiger charge is -2.40. The highest BCUT2D eigenvalue weighted by molar-refractivity contribution is 7.99. The van der Waals surface area contributed by atoms with Crippen LogP contribution >= 0.6 is 11.8 Å². The van der Waals surface area contributed by atoms with E-state index < -0.39 is 5.60 Å². The Morgan fingerprint density at radius 2 is 2.18 bits per heavy atom. The largest absolute Gasteiger partial charge is 0.386 e. The molecule has 3 unspecified atom stereocenters. The van der Waals surface area contributed by atoms with E-state index in [-0.39, 0.29) is 6.10 Å². The SMILES string of the molecule is CC1OCCC1(O)CNC1CSCCC1(C)C. The van der Waals surface area contributed by atoms with E-state index in [1.165, 1.54) is 12.2 Å². The van der Waals surface area contributed by atoms with E-state index in [9.17, 15) is 5.11 Å². The smallest absolute Gasteiger partial charge is 0.105 e. The predicted octanol–water partition coefficient (Wildman–Crippen LogP) is 1.65. The van der Waals surface area contributed by atoms with Gasteiger partial charge in [0.1, 0.15) is 5.60 Å². The van der Waals surface area contributed by atoms with Crippen LogP contribution in [0.2, 0.25) is 0 Å². The molecule has 2 N–H and O–H groups in total. The highest BCUT2D eigenvalue weighted by atomic mass is 32.2. The molecule has 2 fully saturated rings. The van der Waals surface area contributed by atoms with Crippen molar-refractivity contribution in [1.82, 2.24) is 5.32 Å². The van der Waals surface area contributed by atoms with Gasteiger partial charge in [-0.1, -0.05) is 13.8 Å². The molecule has 2 saturated heterocycles. The Balaban J connectivity index is 1.89. The van der Waals surface area contributed by atoms with Crippen molar-refractivity contribution in [3.8, 4) is 0 Å².